The number of amides is 2. The van der Waals surface area contributed by atoms with E-state index in [1.54, 1.807) is 0 Å². The minimum Gasteiger partial charge on any atom is -0.372 e. The van der Waals surface area contributed by atoms with E-state index in [2.05, 4.69) is 22.3 Å². The van der Waals surface area contributed by atoms with E-state index < -0.39 is 0 Å². The monoisotopic (exact) mass is 355 g/mol. The van der Waals surface area contributed by atoms with E-state index in [0.29, 0.717) is 6.42 Å². The summed E-state index contributed by atoms with van der Waals surface area (Å²) < 4.78 is 0. The van der Waals surface area contributed by atoms with Crippen molar-refractivity contribution >= 4 is 23.2 Å². The lowest BCUT2D eigenvalue weighted by Gasteiger charge is -2.28. The molecular weight excluding hydrogens is 326 g/mol. The zero-order valence-corrected chi connectivity index (χ0v) is 15.5. The SMILES string of the molecule is O=C(Nc1ccc(N2CCCCC2)cc1)C1CC1C(=O)N1CCCCC1. The minimum atomic E-state index is -0.147. The van der Waals surface area contributed by atoms with Gasteiger partial charge >= 0.3 is 0 Å². The van der Waals surface area contributed by atoms with Crippen molar-refractivity contribution < 1.29 is 9.59 Å². The Bertz CT molecular complexity index is 646. The zero-order chi connectivity index (χ0) is 17.9. The van der Waals surface area contributed by atoms with Crippen LogP contribution in [0.2, 0.25) is 0 Å². The highest BCUT2D eigenvalue weighted by molar-refractivity contribution is 5.99. The van der Waals surface area contributed by atoms with Crippen LogP contribution < -0.4 is 10.2 Å². The molecule has 2 amide bonds. The highest BCUT2D eigenvalue weighted by atomic mass is 16.2. The first kappa shape index (κ1) is 17.4. The molecule has 140 valence electrons. The number of likely N-dealkylation sites (tertiary alicyclic amines) is 1. The standard InChI is InChI=1S/C21H29N3O2/c25-20(18-15-19(18)21(26)24-13-5-2-6-14-24)22-16-7-9-17(10-8-16)23-11-3-1-4-12-23/h7-10,18-19H,1-6,11-15H2,(H,22,25). The average molecular weight is 355 g/mol. The number of hydrogen-bond acceptors (Lipinski definition) is 3. The fraction of sp³-hybridized carbons (Fsp3) is 0.619. The fourth-order valence-corrected chi connectivity index (χ4v) is 4.25. The smallest absolute Gasteiger partial charge is 0.228 e. The predicted molar refractivity (Wildman–Crippen MR) is 103 cm³/mol. The quantitative estimate of drug-likeness (QED) is 0.902. The summed E-state index contributed by atoms with van der Waals surface area (Å²) in [6.07, 6.45) is 7.94. The molecule has 2 aliphatic heterocycles. The second-order valence-electron chi connectivity index (χ2n) is 7.92. The molecule has 3 fully saturated rings. The van der Waals surface area contributed by atoms with E-state index >= 15 is 0 Å². The molecule has 0 bridgehead atoms. The Morgan fingerprint density at radius 1 is 0.808 bits per heavy atom. The van der Waals surface area contributed by atoms with Crippen LogP contribution in [0.25, 0.3) is 0 Å². The first-order chi connectivity index (χ1) is 12.7. The van der Waals surface area contributed by atoms with Crippen LogP contribution in [0, 0.1) is 11.8 Å². The molecule has 4 rings (SSSR count). The maximum atomic E-state index is 12.5. The van der Waals surface area contributed by atoms with Gasteiger partial charge in [-0.25, -0.2) is 0 Å². The van der Waals surface area contributed by atoms with Gasteiger partial charge in [0, 0.05) is 37.6 Å². The molecule has 1 aromatic carbocycles. The molecule has 0 radical (unpaired) electrons. The topological polar surface area (TPSA) is 52.7 Å². The first-order valence-electron chi connectivity index (χ1n) is 10.2. The first-order valence-corrected chi connectivity index (χ1v) is 10.2. The van der Waals surface area contributed by atoms with Crippen molar-refractivity contribution in [3.05, 3.63) is 24.3 Å². The Morgan fingerprint density at radius 3 is 2.08 bits per heavy atom. The van der Waals surface area contributed by atoms with Crippen molar-refractivity contribution in [1.82, 2.24) is 4.90 Å². The van der Waals surface area contributed by atoms with Gasteiger partial charge in [-0.15, -0.1) is 0 Å². The van der Waals surface area contributed by atoms with Crippen LogP contribution in [0.4, 0.5) is 11.4 Å². The van der Waals surface area contributed by atoms with Gasteiger partial charge in [0.05, 0.1) is 11.8 Å². The molecule has 1 aliphatic carbocycles. The molecule has 0 spiro atoms. The average Bonchev–Trinajstić information content (AvgIpc) is 3.50. The largest absolute Gasteiger partial charge is 0.372 e. The van der Waals surface area contributed by atoms with Crippen LogP contribution in [0.15, 0.2) is 24.3 Å². The van der Waals surface area contributed by atoms with E-state index in [0.717, 1.165) is 44.7 Å². The molecule has 2 heterocycles. The number of nitrogens with one attached hydrogen (secondary N) is 1. The molecular formula is C21H29N3O2. The number of benzene rings is 1. The third kappa shape index (κ3) is 3.87. The summed E-state index contributed by atoms with van der Waals surface area (Å²) in [6, 6.07) is 8.13. The van der Waals surface area contributed by atoms with Crippen LogP contribution in [-0.4, -0.2) is 42.9 Å². The maximum Gasteiger partial charge on any atom is 0.228 e. The van der Waals surface area contributed by atoms with Crippen LogP contribution in [0.5, 0.6) is 0 Å². The van der Waals surface area contributed by atoms with Gasteiger partial charge in [-0.05, 0) is 69.2 Å². The lowest BCUT2D eigenvalue weighted by atomic mass is 10.1. The number of anilines is 2. The second kappa shape index (κ2) is 7.68. The van der Waals surface area contributed by atoms with E-state index in [-0.39, 0.29) is 23.7 Å². The molecule has 2 atom stereocenters. The van der Waals surface area contributed by atoms with Crippen LogP contribution in [0.3, 0.4) is 0 Å². The molecule has 2 unspecified atom stereocenters. The summed E-state index contributed by atoms with van der Waals surface area (Å²) >= 11 is 0. The Hall–Kier alpha value is -2.04. The molecule has 26 heavy (non-hydrogen) atoms. The molecule has 1 N–H and O–H groups in total. The number of piperidine rings is 2. The number of carbonyl (C=O) groups is 2. The van der Waals surface area contributed by atoms with Crippen molar-refractivity contribution in [3.8, 4) is 0 Å². The third-order valence-electron chi connectivity index (χ3n) is 5.97. The lowest BCUT2D eigenvalue weighted by Crippen LogP contribution is -2.37. The third-order valence-corrected chi connectivity index (χ3v) is 5.97. The van der Waals surface area contributed by atoms with Gasteiger partial charge < -0.3 is 15.1 Å². The van der Waals surface area contributed by atoms with Gasteiger partial charge in [0.1, 0.15) is 0 Å². The summed E-state index contributed by atoms with van der Waals surface area (Å²) in [5.74, 6) is -0.0664. The summed E-state index contributed by atoms with van der Waals surface area (Å²) in [7, 11) is 0. The van der Waals surface area contributed by atoms with E-state index in [1.807, 2.05) is 17.0 Å². The second-order valence-corrected chi connectivity index (χ2v) is 7.92. The number of nitrogens with zero attached hydrogens (tertiary/aromatic N) is 2. The Balaban J connectivity index is 1.29. The molecule has 3 aliphatic rings. The van der Waals surface area contributed by atoms with Gasteiger partial charge in [-0.1, -0.05) is 0 Å². The lowest BCUT2D eigenvalue weighted by molar-refractivity contribution is -0.134. The van der Waals surface area contributed by atoms with Gasteiger partial charge in [0.15, 0.2) is 0 Å². The van der Waals surface area contributed by atoms with E-state index in [1.165, 1.54) is 31.4 Å². The molecule has 1 aromatic rings. The summed E-state index contributed by atoms with van der Waals surface area (Å²) in [6.45, 7) is 3.96. The van der Waals surface area contributed by atoms with Gasteiger partial charge in [-0.2, -0.15) is 0 Å². The van der Waals surface area contributed by atoms with Crippen LogP contribution >= 0.6 is 0 Å². The van der Waals surface area contributed by atoms with Crippen LogP contribution in [0.1, 0.15) is 44.9 Å². The van der Waals surface area contributed by atoms with Crippen molar-refractivity contribution in [2.24, 2.45) is 11.8 Å². The highest BCUT2D eigenvalue weighted by Gasteiger charge is 2.49. The molecule has 1 saturated carbocycles. The highest BCUT2D eigenvalue weighted by Crippen LogP contribution is 2.41. The molecule has 5 nitrogen and oxygen atoms in total. The Labute approximate surface area is 155 Å². The minimum absolute atomic E-state index is 0.00826. The number of rotatable bonds is 4. The number of carbonyl (C=O) groups excluding carboxylic acids is 2. The summed E-state index contributed by atoms with van der Waals surface area (Å²) in [4.78, 5) is 29.3. The summed E-state index contributed by atoms with van der Waals surface area (Å²) in [5.41, 5.74) is 2.05. The predicted octanol–water partition coefficient (Wildman–Crippen LogP) is 3.26. The Kier molecular flexibility index (Phi) is 5.14. The number of hydrogen-bond donors (Lipinski definition) is 1. The van der Waals surface area contributed by atoms with E-state index in [9.17, 15) is 9.59 Å². The van der Waals surface area contributed by atoms with E-state index in [4.69, 9.17) is 0 Å². The van der Waals surface area contributed by atoms with Gasteiger partial charge in [0.25, 0.3) is 0 Å². The zero-order valence-electron chi connectivity index (χ0n) is 15.5. The fourth-order valence-electron chi connectivity index (χ4n) is 4.25. The van der Waals surface area contributed by atoms with Crippen molar-refractivity contribution in [2.45, 2.75) is 44.9 Å². The van der Waals surface area contributed by atoms with Crippen LogP contribution in [-0.2, 0) is 9.59 Å². The molecule has 2 saturated heterocycles. The van der Waals surface area contributed by atoms with Gasteiger partial charge in [0.2, 0.25) is 11.8 Å². The maximum absolute atomic E-state index is 12.5. The normalized spacial score (nSPS) is 25.7. The molecule has 0 aromatic heterocycles. The van der Waals surface area contributed by atoms with Gasteiger partial charge in [-0.3, -0.25) is 9.59 Å². The van der Waals surface area contributed by atoms with Crippen molar-refractivity contribution in [3.63, 3.8) is 0 Å². The van der Waals surface area contributed by atoms with Crippen molar-refractivity contribution in [2.75, 3.05) is 36.4 Å². The Morgan fingerprint density at radius 2 is 1.42 bits per heavy atom. The summed E-state index contributed by atoms with van der Waals surface area (Å²) in [5, 5.41) is 2.99. The molecule has 5 heteroatoms. The van der Waals surface area contributed by atoms with Crippen molar-refractivity contribution in [1.29, 1.82) is 0 Å².